The molecule has 1 aliphatic rings. The molecule has 4 rings (SSSR count). The first kappa shape index (κ1) is 10.7. The summed E-state index contributed by atoms with van der Waals surface area (Å²) >= 11 is 0. The molecule has 0 saturated carbocycles. The van der Waals surface area contributed by atoms with E-state index in [1.54, 1.807) is 6.33 Å². The molecule has 1 aliphatic heterocycles. The van der Waals surface area contributed by atoms with Gasteiger partial charge < -0.3 is 10.3 Å². The first-order valence-electron chi connectivity index (χ1n) is 6.52. The topological polar surface area (TPSA) is 53.6 Å². The third-order valence-corrected chi connectivity index (χ3v) is 3.72. The molecule has 2 aromatic heterocycles. The summed E-state index contributed by atoms with van der Waals surface area (Å²) in [5.74, 6) is 0. The summed E-state index contributed by atoms with van der Waals surface area (Å²) in [5.41, 5.74) is 4.59. The number of nitrogens with zero attached hydrogens (tertiary/aromatic N) is 2. The van der Waals surface area contributed by atoms with E-state index in [0.717, 1.165) is 24.2 Å². The highest BCUT2D eigenvalue weighted by molar-refractivity contribution is 5.82. The van der Waals surface area contributed by atoms with Gasteiger partial charge in [0.1, 0.15) is 0 Å². The predicted octanol–water partition coefficient (Wildman–Crippen LogP) is 2.19. The van der Waals surface area contributed by atoms with Gasteiger partial charge in [-0.2, -0.15) is 0 Å². The lowest BCUT2D eigenvalue weighted by atomic mass is 9.96. The largest absolute Gasteiger partial charge is 0.348 e. The van der Waals surface area contributed by atoms with Crippen molar-refractivity contribution in [3.05, 3.63) is 59.8 Å². The van der Waals surface area contributed by atoms with Crippen molar-refractivity contribution in [1.82, 2.24) is 20.3 Å². The van der Waals surface area contributed by atoms with Gasteiger partial charge in [0.25, 0.3) is 0 Å². The molecule has 0 radical (unpaired) electrons. The molecule has 0 amide bonds. The standard InChI is InChI=1S/C15H14N4/c1-3-10-4-2-7-16-13(10)11(5-1)14-15-12(6-8-17-14)18-9-19-15/h1-5,7,9,14,17H,6,8H2,(H,18,19). The number of hydrogen-bond donors (Lipinski definition) is 2. The number of benzene rings is 1. The Morgan fingerprint density at radius 3 is 3.05 bits per heavy atom. The maximum atomic E-state index is 4.54. The molecule has 1 unspecified atom stereocenters. The number of para-hydroxylation sites is 1. The van der Waals surface area contributed by atoms with Crippen LogP contribution in [-0.2, 0) is 6.42 Å². The number of nitrogens with one attached hydrogen (secondary N) is 2. The Bertz CT molecular complexity index is 726. The Hall–Kier alpha value is -2.20. The predicted molar refractivity (Wildman–Crippen MR) is 73.9 cm³/mol. The lowest BCUT2D eigenvalue weighted by Crippen LogP contribution is -2.30. The van der Waals surface area contributed by atoms with Crippen molar-refractivity contribution in [3.8, 4) is 0 Å². The lowest BCUT2D eigenvalue weighted by Gasteiger charge is -2.24. The molecule has 1 atom stereocenters. The Balaban J connectivity index is 1.93. The summed E-state index contributed by atoms with van der Waals surface area (Å²) in [6, 6.07) is 10.5. The second kappa shape index (κ2) is 4.17. The first-order valence-corrected chi connectivity index (χ1v) is 6.52. The molecule has 3 aromatic rings. The van der Waals surface area contributed by atoms with Crippen LogP contribution in [0, 0.1) is 0 Å². The average molecular weight is 250 g/mol. The van der Waals surface area contributed by atoms with Crippen molar-refractivity contribution < 1.29 is 0 Å². The van der Waals surface area contributed by atoms with E-state index in [0.29, 0.717) is 0 Å². The van der Waals surface area contributed by atoms with E-state index in [1.165, 1.54) is 16.6 Å². The molecule has 4 heteroatoms. The number of H-pyrrole nitrogens is 1. The van der Waals surface area contributed by atoms with E-state index in [9.17, 15) is 0 Å². The molecule has 4 nitrogen and oxygen atoms in total. The summed E-state index contributed by atoms with van der Waals surface area (Å²) in [7, 11) is 0. The highest BCUT2D eigenvalue weighted by Gasteiger charge is 2.25. The van der Waals surface area contributed by atoms with Gasteiger partial charge in [0.15, 0.2) is 0 Å². The van der Waals surface area contributed by atoms with Crippen LogP contribution in [0.15, 0.2) is 42.9 Å². The van der Waals surface area contributed by atoms with Gasteiger partial charge >= 0.3 is 0 Å². The van der Waals surface area contributed by atoms with E-state index in [-0.39, 0.29) is 6.04 Å². The van der Waals surface area contributed by atoms with E-state index in [4.69, 9.17) is 0 Å². The van der Waals surface area contributed by atoms with Crippen molar-refractivity contribution in [2.24, 2.45) is 0 Å². The number of aromatic amines is 1. The van der Waals surface area contributed by atoms with Crippen LogP contribution < -0.4 is 5.32 Å². The number of aromatic nitrogens is 3. The van der Waals surface area contributed by atoms with Crippen LogP contribution in [-0.4, -0.2) is 21.5 Å². The number of imidazole rings is 1. The molecule has 0 bridgehead atoms. The van der Waals surface area contributed by atoms with Crippen LogP contribution in [0.3, 0.4) is 0 Å². The molecule has 19 heavy (non-hydrogen) atoms. The van der Waals surface area contributed by atoms with Gasteiger partial charge in [-0.25, -0.2) is 4.98 Å². The Morgan fingerprint density at radius 1 is 1.11 bits per heavy atom. The summed E-state index contributed by atoms with van der Waals surface area (Å²) in [6.07, 6.45) is 4.63. The fraction of sp³-hybridized carbons (Fsp3) is 0.200. The van der Waals surface area contributed by atoms with E-state index >= 15 is 0 Å². The van der Waals surface area contributed by atoms with Crippen LogP contribution in [0.4, 0.5) is 0 Å². The molecule has 94 valence electrons. The van der Waals surface area contributed by atoms with Crippen molar-refractivity contribution in [2.75, 3.05) is 6.54 Å². The molecule has 3 heterocycles. The Morgan fingerprint density at radius 2 is 2.05 bits per heavy atom. The van der Waals surface area contributed by atoms with Gasteiger partial charge in [0, 0.05) is 35.8 Å². The maximum absolute atomic E-state index is 4.54. The Labute approximate surface area is 110 Å². The molecule has 0 saturated heterocycles. The van der Waals surface area contributed by atoms with Crippen molar-refractivity contribution >= 4 is 10.9 Å². The minimum absolute atomic E-state index is 0.133. The van der Waals surface area contributed by atoms with E-state index < -0.39 is 0 Å². The van der Waals surface area contributed by atoms with Crippen LogP contribution >= 0.6 is 0 Å². The minimum Gasteiger partial charge on any atom is -0.348 e. The Kier molecular flexibility index (Phi) is 2.35. The van der Waals surface area contributed by atoms with Crippen molar-refractivity contribution in [2.45, 2.75) is 12.5 Å². The van der Waals surface area contributed by atoms with Gasteiger partial charge in [-0.3, -0.25) is 4.98 Å². The molecule has 2 N–H and O–H groups in total. The number of pyridine rings is 1. The molecular formula is C15H14N4. The first-order chi connectivity index (χ1) is 9.43. The zero-order valence-electron chi connectivity index (χ0n) is 10.4. The van der Waals surface area contributed by atoms with Crippen LogP contribution in [0.2, 0.25) is 0 Å². The normalized spacial score (nSPS) is 18.4. The fourth-order valence-corrected chi connectivity index (χ4v) is 2.84. The summed E-state index contributed by atoms with van der Waals surface area (Å²) in [4.78, 5) is 12.2. The quantitative estimate of drug-likeness (QED) is 0.696. The van der Waals surface area contributed by atoms with Crippen LogP contribution in [0.25, 0.3) is 10.9 Å². The second-order valence-corrected chi connectivity index (χ2v) is 4.83. The number of fused-ring (bicyclic) bond motifs is 2. The van der Waals surface area contributed by atoms with Gasteiger partial charge in [-0.05, 0) is 6.07 Å². The zero-order valence-corrected chi connectivity index (χ0v) is 10.4. The SMILES string of the molecule is c1cnc2c(C3NCCc4[nH]cnc43)cccc2c1. The molecule has 1 aromatic carbocycles. The highest BCUT2D eigenvalue weighted by atomic mass is 15.0. The number of hydrogen-bond acceptors (Lipinski definition) is 3. The zero-order chi connectivity index (χ0) is 12.7. The van der Waals surface area contributed by atoms with Crippen LogP contribution in [0.5, 0.6) is 0 Å². The van der Waals surface area contributed by atoms with E-state index in [2.05, 4.69) is 44.5 Å². The summed E-state index contributed by atoms with van der Waals surface area (Å²) < 4.78 is 0. The molecule has 0 aliphatic carbocycles. The van der Waals surface area contributed by atoms with Crippen molar-refractivity contribution in [3.63, 3.8) is 0 Å². The van der Waals surface area contributed by atoms with Crippen molar-refractivity contribution in [1.29, 1.82) is 0 Å². The van der Waals surface area contributed by atoms with Gasteiger partial charge in [0.05, 0.1) is 23.6 Å². The lowest BCUT2D eigenvalue weighted by molar-refractivity contribution is 0.555. The third kappa shape index (κ3) is 1.64. The van der Waals surface area contributed by atoms with Gasteiger partial charge in [-0.15, -0.1) is 0 Å². The van der Waals surface area contributed by atoms with Gasteiger partial charge in [-0.1, -0.05) is 24.3 Å². The second-order valence-electron chi connectivity index (χ2n) is 4.83. The smallest absolute Gasteiger partial charge is 0.0926 e. The fourth-order valence-electron chi connectivity index (χ4n) is 2.84. The molecule has 0 fully saturated rings. The maximum Gasteiger partial charge on any atom is 0.0926 e. The third-order valence-electron chi connectivity index (χ3n) is 3.72. The molecule has 0 spiro atoms. The highest BCUT2D eigenvalue weighted by Crippen LogP contribution is 2.30. The monoisotopic (exact) mass is 250 g/mol. The molecular weight excluding hydrogens is 236 g/mol. The minimum atomic E-state index is 0.133. The average Bonchev–Trinajstić information content (AvgIpc) is 2.95. The number of rotatable bonds is 1. The van der Waals surface area contributed by atoms with Crippen LogP contribution in [0.1, 0.15) is 23.0 Å². The van der Waals surface area contributed by atoms with Gasteiger partial charge in [0.2, 0.25) is 0 Å². The summed E-state index contributed by atoms with van der Waals surface area (Å²) in [6.45, 7) is 0.961. The van der Waals surface area contributed by atoms with E-state index in [1.807, 2.05) is 12.3 Å². The summed E-state index contributed by atoms with van der Waals surface area (Å²) in [5, 5.41) is 4.72.